The fourth-order valence-corrected chi connectivity index (χ4v) is 3.60. The van der Waals surface area contributed by atoms with Crippen molar-refractivity contribution in [1.82, 2.24) is 0 Å². The lowest BCUT2D eigenvalue weighted by atomic mass is 10.0. The van der Waals surface area contributed by atoms with Gasteiger partial charge in [-0.1, -0.05) is 17.7 Å². The molecule has 2 nitrogen and oxygen atoms in total. The van der Waals surface area contributed by atoms with Crippen LogP contribution in [-0.4, -0.2) is 14.2 Å². The molecule has 0 aromatic heterocycles. The molecule has 2 aromatic carbocycles. The van der Waals surface area contributed by atoms with Crippen LogP contribution in [0.1, 0.15) is 16.5 Å². The Labute approximate surface area is 146 Å². The first kappa shape index (κ1) is 16.6. The fraction of sp³-hybridized carbons (Fsp3) is 0.200. The molecule has 0 fully saturated rings. The number of ether oxygens (including phenoxy) is 2. The highest BCUT2D eigenvalue weighted by Crippen LogP contribution is 2.41. The summed E-state index contributed by atoms with van der Waals surface area (Å²) in [4.78, 5) is 0. The van der Waals surface area contributed by atoms with Gasteiger partial charge >= 0.3 is 0 Å². The summed E-state index contributed by atoms with van der Waals surface area (Å²) in [5.41, 5.74) is 1.47. The standard InChI is InChI=1S/C15H12Cl2FIO2/c1-20-13-6-10(11(16)7-14(13)21-2)15(17)9-4-3-8(18)5-12(9)19/h3-7,15H,1-2H3. The molecule has 0 bridgehead atoms. The Balaban J connectivity index is 2.50. The van der Waals surface area contributed by atoms with E-state index < -0.39 is 5.38 Å². The molecular weight excluding hydrogens is 429 g/mol. The molecule has 6 heteroatoms. The SMILES string of the molecule is COc1cc(Cl)c(C(Cl)c2ccc(F)cc2I)cc1OC. The first-order valence-electron chi connectivity index (χ1n) is 5.98. The molecule has 1 atom stereocenters. The van der Waals surface area contributed by atoms with Crippen molar-refractivity contribution in [2.75, 3.05) is 14.2 Å². The van der Waals surface area contributed by atoms with E-state index in [-0.39, 0.29) is 5.82 Å². The maximum absolute atomic E-state index is 13.2. The fourth-order valence-electron chi connectivity index (χ4n) is 1.94. The van der Waals surface area contributed by atoms with Crippen LogP contribution in [0.3, 0.4) is 0 Å². The number of benzene rings is 2. The largest absolute Gasteiger partial charge is 0.493 e. The van der Waals surface area contributed by atoms with Crippen molar-refractivity contribution in [3.63, 3.8) is 0 Å². The van der Waals surface area contributed by atoms with Crippen molar-refractivity contribution >= 4 is 45.8 Å². The number of hydrogen-bond acceptors (Lipinski definition) is 2. The molecule has 0 spiro atoms. The van der Waals surface area contributed by atoms with Gasteiger partial charge in [-0.05, 0) is 51.9 Å². The van der Waals surface area contributed by atoms with Crippen molar-refractivity contribution < 1.29 is 13.9 Å². The van der Waals surface area contributed by atoms with E-state index in [1.54, 1.807) is 25.3 Å². The lowest BCUT2D eigenvalue weighted by Gasteiger charge is -2.17. The highest BCUT2D eigenvalue weighted by molar-refractivity contribution is 14.1. The predicted octanol–water partition coefficient (Wildman–Crippen LogP) is 5.43. The topological polar surface area (TPSA) is 18.5 Å². The van der Waals surface area contributed by atoms with Gasteiger partial charge in [0, 0.05) is 14.7 Å². The molecular formula is C15H12Cl2FIO2. The normalized spacial score (nSPS) is 12.1. The summed E-state index contributed by atoms with van der Waals surface area (Å²) < 4.78 is 24.4. The van der Waals surface area contributed by atoms with E-state index in [0.29, 0.717) is 22.1 Å². The monoisotopic (exact) mass is 440 g/mol. The van der Waals surface area contributed by atoms with E-state index in [0.717, 1.165) is 9.13 Å². The van der Waals surface area contributed by atoms with Crippen LogP contribution < -0.4 is 9.47 Å². The maximum Gasteiger partial charge on any atom is 0.162 e. The molecule has 0 aliphatic carbocycles. The minimum atomic E-state index is -0.509. The van der Waals surface area contributed by atoms with Crippen molar-refractivity contribution in [2.45, 2.75) is 5.38 Å². The molecule has 0 aliphatic heterocycles. The third kappa shape index (κ3) is 3.55. The number of halogens is 4. The Morgan fingerprint density at radius 1 is 1.05 bits per heavy atom. The zero-order valence-corrected chi connectivity index (χ0v) is 15.0. The van der Waals surface area contributed by atoms with Crippen molar-refractivity contribution in [3.05, 3.63) is 55.9 Å². The van der Waals surface area contributed by atoms with Crippen LogP contribution in [0, 0.1) is 9.39 Å². The lowest BCUT2D eigenvalue weighted by molar-refractivity contribution is 0.354. The van der Waals surface area contributed by atoms with Gasteiger partial charge in [0.1, 0.15) is 5.82 Å². The van der Waals surface area contributed by atoms with Gasteiger partial charge in [0.25, 0.3) is 0 Å². The molecule has 0 saturated heterocycles. The zero-order valence-electron chi connectivity index (χ0n) is 11.3. The smallest absolute Gasteiger partial charge is 0.162 e. The number of rotatable bonds is 4. The van der Waals surface area contributed by atoms with Crippen LogP contribution in [-0.2, 0) is 0 Å². The molecule has 2 rings (SSSR count). The molecule has 0 N–H and O–H groups in total. The molecule has 0 radical (unpaired) electrons. The molecule has 112 valence electrons. The van der Waals surface area contributed by atoms with Crippen LogP contribution in [0.2, 0.25) is 5.02 Å². The van der Waals surface area contributed by atoms with E-state index in [1.807, 2.05) is 22.6 Å². The van der Waals surface area contributed by atoms with E-state index >= 15 is 0 Å². The van der Waals surface area contributed by atoms with Gasteiger partial charge in [-0.2, -0.15) is 0 Å². The second kappa shape index (κ2) is 7.03. The Kier molecular flexibility index (Phi) is 5.57. The average Bonchev–Trinajstić information content (AvgIpc) is 2.46. The highest BCUT2D eigenvalue weighted by Gasteiger charge is 2.20. The summed E-state index contributed by atoms with van der Waals surface area (Å²) in [6.45, 7) is 0. The quantitative estimate of drug-likeness (QED) is 0.466. The molecule has 0 aliphatic rings. The van der Waals surface area contributed by atoms with Crippen LogP contribution in [0.4, 0.5) is 4.39 Å². The summed E-state index contributed by atoms with van der Waals surface area (Å²) in [5, 5.41) is -0.0439. The van der Waals surface area contributed by atoms with Gasteiger partial charge < -0.3 is 9.47 Å². The van der Waals surface area contributed by atoms with Crippen LogP contribution in [0.15, 0.2) is 30.3 Å². The summed E-state index contributed by atoms with van der Waals surface area (Å²) in [7, 11) is 3.08. The second-order valence-corrected chi connectivity index (χ2v) is 6.26. The molecule has 0 amide bonds. The van der Waals surface area contributed by atoms with Crippen LogP contribution in [0.5, 0.6) is 11.5 Å². The second-order valence-electron chi connectivity index (χ2n) is 4.26. The summed E-state index contributed by atoms with van der Waals surface area (Å²) in [5.74, 6) is 0.772. The minimum absolute atomic E-state index is 0.301. The van der Waals surface area contributed by atoms with Crippen molar-refractivity contribution in [3.8, 4) is 11.5 Å². The van der Waals surface area contributed by atoms with Gasteiger partial charge in [-0.3, -0.25) is 0 Å². The van der Waals surface area contributed by atoms with E-state index in [9.17, 15) is 4.39 Å². The lowest BCUT2D eigenvalue weighted by Crippen LogP contribution is -2.00. The minimum Gasteiger partial charge on any atom is -0.493 e. The van der Waals surface area contributed by atoms with Crippen molar-refractivity contribution in [1.29, 1.82) is 0 Å². The van der Waals surface area contributed by atoms with E-state index in [4.69, 9.17) is 32.7 Å². The maximum atomic E-state index is 13.2. The molecule has 0 heterocycles. The van der Waals surface area contributed by atoms with E-state index in [1.165, 1.54) is 19.2 Å². The van der Waals surface area contributed by atoms with E-state index in [2.05, 4.69) is 0 Å². The van der Waals surface area contributed by atoms with Gasteiger partial charge in [0.15, 0.2) is 11.5 Å². The number of alkyl halides is 1. The first-order valence-corrected chi connectivity index (χ1v) is 7.87. The van der Waals surface area contributed by atoms with Gasteiger partial charge in [-0.15, -0.1) is 11.6 Å². The van der Waals surface area contributed by atoms with Gasteiger partial charge in [0.2, 0.25) is 0 Å². The summed E-state index contributed by atoms with van der Waals surface area (Å²) in [6.07, 6.45) is 0. The third-order valence-electron chi connectivity index (χ3n) is 3.01. The average molecular weight is 441 g/mol. The Morgan fingerprint density at radius 3 is 2.24 bits per heavy atom. The summed E-state index contributed by atoms with van der Waals surface area (Å²) >= 11 is 14.8. The zero-order chi connectivity index (χ0) is 15.6. The summed E-state index contributed by atoms with van der Waals surface area (Å²) in [6, 6.07) is 7.85. The third-order valence-corrected chi connectivity index (χ3v) is 4.74. The Hall–Kier alpha value is -0.720. The first-order chi connectivity index (χ1) is 9.97. The van der Waals surface area contributed by atoms with Crippen LogP contribution >= 0.6 is 45.8 Å². The highest BCUT2D eigenvalue weighted by atomic mass is 127. The van der Waals surface area contributed by atoms with Gasteiger partial charge in [-0.25, -0.2) is 4.39 Å². The Morgan fingerprint density at radius 2 is 1.67 bits per heavy atom. The number of hydrogen-bond donors (Lipinski definition) is 0. The molecule has 2 aromatic rings. The number of methoxy groups -OCH3 is 2. The predicted molar refractivity (Wildman–Crippen MR) is 91.4 cm³/mol. The Bertz CT molecular complexity index is 664. The molecule has 0 saturated carbocycles. The van der Waals surface area contributed by atoms with Crippen molar-refractivity contribution in [2.24, 2.45) is 0 Å². The van der Waals surface area contributed by atoms with Gasteiger partial charge in [0.05, 0.1) is 19.6 Å². The molecule has 21 heavy (non-hydrogen) atoms. The van der Waals surface area contributed by atoms with Crippen LogP contribution in [0.25, 0.3) is 0 Å². The molecule has 1 unspecified atom stereocenters.